The van der Waals surface area contributed by atoms with Gasteiger partial charge in [-0.1, -0.05) is 6.07 Å². The highest BCUT2D eigenvalue weighted by molar-refractivity contribution is 7.10. The maximum absolute atomic E-state index is 12.0. The molecule has 0 saturated heterocycles. The lowest BCUT2D eigenvalue weighted by atomic mass is 10.2. The van der Waals surface area contributed by atoms with E-state index in [1.807, 2.05) is 28.5 Å². The number of carbonyl (C=O) groups excluding carboxylic acids is 1. The molecule has 0 N–H and O–H groups in total. The summed E-state index contributed by atoms with van der Waals surface area (Å²) in [5.74, 6) is 0.139. The fraction of sp³-hybridized carbons (Fsp3) is 0.167. The molecule has 0 unspecified atom stereocenters. The summed E-state index contributed by atoms with van der Waals surface area (Å²) in [6.45, 7) is 1.38. The second-order valence-electron chi connectivity index (χ2n) is 3.78. The van der Waals surface area contributed by atoms with Crippen molar-refractivity contribution >= 4 is 17.2 Å². The Labute approximate surface area is 97.4 Å². The summed E-state index contributed by atoms with van der Waals surface area (Å²) in [5, 5.41) is 1.98. The molecule has 80 valence electrons. The van der Waals surface area contributed by atoms with Gasteiger partial charge >= 0.3 is 0 Å². The van der Waals surface area contributed by atoms with E-state index in [2.05, 4.69) is 4.98 Å². The Bertz CT molecular complexity index is 521. The predicted molar refractivity (Wildman–Crippen MR) is 62.1 cm³/mol. The number of thiophene rings is 1. The Morgan fingerprint density at radius 2 is 2.38 bits per heavy atom. The topological polar surface area (TPSA) is 33.2 Å². The highest BCUT2D eigenvalue weighted by Gasteiger charge is 2.28. The van der Waals surface area contributed by atoms with Crippen LogP contribution in [0.25, 0.3) is 0 Å². The summed E-state index contributed by atoms with van der Waals surface area (Å²) in [4.78, 5) is 19.1. The van der Waals surface area contributed by atoms with Gasteiger partial charge in [-0.05, 0) is 23.1 Å². The average molecular weight is 230 g/mol. The number of carbonyl (C=O) groups is 1. The highest BCUT2D eigenvalue weighted by Crippen LogP contribution is 2.28. The first-order chi connectivity index (χ1) is 7.84. The molecule has 2 aromatic rings. The van der Waals surface area contributed by atoms with E-state index in [-0.39, 0.29) is 5.91 Å². The van der Waals surface area contributed by atoms with Crippen LogP contribution < -0.4 is 0 Å². The molecule has 0 spiro atoms. The van der Waals surface area contributed by atoms with E-state index in [1.54, 1.807) is 23.7 Å². The van der Waals surface area contributed by atoms with Crippen LogP contribution in [-0.4, -0.2) is 15.8 Å². The minimum atomic E-state index is 0.139. The molecule has 0 bridgehead atoms. The number of hydrogen-bond acceptors (Lipinski definition) is 3. The molecule has 4 heteroatoms. The van der Waals surface area contributed by atoms with Crippen molar-refractivity contribution in [2.24, 2.45) is 0 Å². The van der Waals surface area contributed by atoms with Gasteiger partial charge in [0.25, 0.3) is 5.91 Å². The maximum Gasteiger partial charge on any atom is 0.255 e. The summed E-state index contributed by atoms with van der Waals surface area (Å²) >= 11 is 1.65. The molecule has 1 aliphatic rings. The van der Waals surface area contributed by atoms with Crippen LogP contribution in [0.5, 0.6) is 0 Å². The van der Waals surface area contributed by atoms with Crippen molar-refractivity contribution in [2.45, 2.75) is 13.1 Å². The summed E-state index contributed by atoms with van der Waals surface area (Å²) in [6.07, 6.45) is 3.55. The van der Waals surface area contributed by atoms with Gasteiger partial charge in [0.15, 0.2) is 0 Å². The van der Waals surface area contributed by atoms with E-state index in [0.29, 0.717) is 6.54 Å². The molecule has 2 aromatic heterocycles. The zero-order valence-corrected chi connectivity index (χ0v) is 9.41. The standard InChI is InChI=1S/C12H10N2OS/c15-12-10-3-5-16-11(10)8-14(12)7-9-2-1-4-13-6-9/h1-6H,7-8H2. The first-order valence-electron chi connectivity index (χ1n) is 5.09. The van der Waals surface area contributed by atoms with E-state index >= 15 is 0 Å². The van der Waals surface area contributed by atoms with E-state index in [1.165, 1.54) is 4.88 Å². The lowest BCUT2D eigenvalue weighted by molar-refractivity contribution is 0.0767. The Balaban J connectivity index is 1.80. The quantitative estimate of drug-likeness (QED) is 0.793. The summed E-state index contributed by atoms with van der Waals surface area (Å²) < 4.78 is 0. The van der Waals surface area contributed by atoms with Crippen molar-refractivity contribution in [3.8, 4) is 0 Å². The van der Waals surface area contributed by atoms with Crippen molar-refractivity contribution in [1.29, 1.82) is 0 Å². The monoisotopic (exact) mass is 230 g/mol. The summed E-state index contributed by atoms with van der Waals surface area (Å²) in [7, 11) is 0. The Morgan fingerprint density at radius 3 is 3.12 bits per heavy atom. The van der Waals surface area contributed by atoms with Gasteiger partial charge in [0.2, 0.25) is 0 Å². The van der Waals surface area contributed by atoms with Crippen molar-refractivity contribution < 1.29 is 4.79 Å². The molecule has 1 aliphatic heterocycles. The number of hydrogen-bond donors (Lipinski definition) is 0. The second-order valence-corrected chi connectivity index (χ2v) is 4.78. The third-order valence-corrected chi connectivity index (χ3v) is 3.60. The fourth-order valence-corrected chi connectivity index (χ4v) is 2.79. The first-order valence-corrected chi connectivity index (χ1v) is 5.97. The predicted octanol–water partition coefficient (Wildman–Crippen LogP) is 2.30. The van der Waals surface area contributed by atoms with Gasteiger partial charge in [0.1, 0.15) is 0 Å². The van der Waals surface area contributed by atoms with Crippen LogP contribution >= 0.6 is 11.3 Å². The molecule has 0 fully saturated rings. The minimum absolute atomic E-state index is 0.139. The van der Waals surface area contributed by atoms with Crippen LogP contribution in [0.15, 0.2) is 36.0 Å². The van der Waals surface area contributed by atoms with Crippen LogP contribution in [0.4, 0.5) is 0 Å². The number of amides is 1. The lowest BCUT2D eigenvalue weighted by Gasteiger charge is -2.15. The van der Waals surface area contributed by atoms with Crippen molar-refractivity contribution in [1.82, 2.24) is 9.88 Å². The van der Waals surface area contributed by atoms with Crippen LogP contribution in [0.3, 0.4) is 0 Å². The molecule has 0 saturated carbocycles. The molecule has 3 heterocycles. The molecular weight excluding hydrogens is 220 g/mol. The van der Waals surface area contributed by atoms with Crippen LogP contribution in [0.1, 0.15) is 20.8 Å². The number of fused-ring (bicyclic) bond motifs is 1. The van der Waals surface area contributed by atoms with Crippen LogP contribution in [0, 0.1) is 0 Å². The molecule has 0 atom stereocenters. The second kappa shape index (κ2) is 3.72. The van der Waals surface area contributed by atoms with Gasteiger partial charge < -0.3 is 4.90 Å². The molecule has 1 amide bonds. The molecule has 0 aliphatic carbocycles. The van der Waals surface area contributed by atoms with E-state index in [0.717, 1.165) is 17.7 Å². The number of aromatic nitrogens is 1. The number of rotatable bonds is 2. The lowest BCUT2D eigenvalue weighted by Crippen LogP contribution is -2.23. The first kappa shape index (κ1) is 9.54. The minimum Gasteiger partial charge on any atom is -0.329 e. The summed E-state index contributed by atoms with van der Waals surface area (Å²) in [5.41, 5.74) is 1.94. The Kier molecular flexibility index (Phi) is 2.22. The molecule has 16 heavy (non-hydrogen) atoms. The van der Waals surface area contributed by atoms with E-state index < -0.39 is 0 Å². The molecule has 0 aromatic carbocycles. The Morgan fingerprint density at radius 1 is 1.44 bits per heavy atom. The highest BCUT2D eigenvalue weighted by atomic mass is 32.1. The Hall–Kier alpha value is -1.68. The van der Waals surface area contributed by atoms with Crippen LogP contribution in [0.2, 0.25) is 0 Å². The third kappa shape index (κ3) is 1.51. The van der Waals surface area contributed by atoms with Gasteiger partial charge in [0.05, 0.1) is 12.1 Å². The van der Waals surface area contributed by atoms with Crippen LogP contribution in [-0.2, 0) is 13.1 Å². The van der Waals surface area contributed by atoms with Gasteiger partial charge in [-0.25, -0.2) is 0 Å². The zero-order chi connectivity index (χ0) is 11.0. The van der Waals surface area contributed by atoms with E-state index in [4.69, 9.17) is 0 Å². The van der Waals surface area contributed by atoms with Gasteiger partial charge in [-0.15, -0.1) is 11.3 Å². The van der Waals surface area contributed by atoms with Gasteiger partial charge in [-0.2, -0.15) is 0 Å². The van der Waals surface area contributed by atoms with Crippen molar-refractivity contribution in [2.75, 3.05) is 0 Å². The smallest absolute Gasteiger partial charge is 0.255 e. The van der Waals surface area contributed by atoms with Crippen molar-refractivity contribution in [3.63, 3.8) is 0 Å². The largest absolute Gasteiger partial charge is 0.329 e. The SMILES string of the molecule is O=C1c2ccsc2CN1Cc1cccnc1. The molecule has 0 radical (unpaired) electrons. The number of nitrogens with zero attached hydrogens (tertiary/aromatic N) is 2. The molecule has 3 rings (SSSR count). The van der Waals surface area contributed by atoms with Crippen molar-refractivity contribution in [3.05, 3.63) is 52.0 Å². The molecular formula is C12H10N2OS. The van der Waals surface area contributed by atoms with E-state index in [9.17, 15) is 4.79 Å². The van der Waals surface area contributed by atoms with Gasteiger partial charge in [0, 0.05) is 23.8 Å². The zero-order valence-electron chi connectivity index (χ0n) is 8.59. The maximum atomic E-state index is 12.0. The van der Waals surface area contributed by atoms with Gasteiger partial charge in [-0.3, -0.25) is 9.78 Å². The normalized spacial score (nSPS) is 14.2. The summed E-state index contributed by atoms with van der Waals surface area (Å²) in [6, 6.07) is 5.80. The third-order valence-electron chi connectivity index (χ3n) is 2.69. The number of pyridine rings is 1. The molecule has 3 nitrogen and oxygen atoms in total. The fourth-order valence-electron chi connectivity index (χ4n) is 1.91. The average Bonchev–Trinajstić information content (AvgIpc) is 2.86.